The molecule has 0 fully saturated rings. The smallest absolute Gasteiger partial charge is 0.179 e. The molecule has 17 rings (SSSR count). The number of nitrogens with zero attached hydrogens (tertiary/aromatic N) is 3. The first-order valence-corrected chi connectivity index (χ1v) is 28.4. The third-order valence-corrected chi connectivity index (χ3v) is 21.5. The van der Waals surface area contributed by atoms with Gasteiger partial charge in [0.1, 0.15) is 5.82 Å². The van der Waals surface area contributed by atoms with E-state index in [2.05, 4.69) is 252 Å². The molecule has 0 saturated carbocycles. The molecular formula is C73H49N3Si. The van der Waals surface area contributed by atoms with Gasteiger partial charge in [-0.05, 0) is 114 Å². The molecule has 4 heteroatoms. The van der Waals surface area contributed by atoms with Crippen molar-refractivity contribution in [3.05, 3.63) is 318 Å². The zero-order chi connectivity index (χ0) is 55.0. The van der Waals surface area contributed by atoms with Crippen molar-refractivity contribution < 1.29 is 6.85 Å². The van der Waals surface area contributed by atoms with E-state index in [9.17, 15) is 2.74 Å². The number of pyridine rings is 1. The first kappa shape index (κ1) is 38.9. The summed E-state index contributed by atoms with van der Waals surface area (Å²) in [5.74, 6) is 0.451. The summed E-state index contributed by atoms with van der Waals surface area (Å²) in [7, 11) is -3.00. The highest BCUT2D eigenvalue weighted by Crippen LogP contribution is 2.60. The normalized spacial score (nSPS) is 15.4. The Balaban J connectivity index is 0.974. The van der Waals surface area contributed by atoms with Crippen molar-refractivity contribution in [2.24, 2.45) is 0 Å². The Morgan fingerprint density at radius 3 is 1.44 bits per heavy atom. The molecular weight excluding hydrogens is 947 g/mol. The standard InChI is InChI=1S/C73H49N3Si/c1-6-23-48(24-7-1)50-46-62(49-25-22-34-55(45-49)77(52-28-10-3-11-29-52,53-30-12-4-13-31-53)54-32-14-5-15-33-54)74-67(47-50)76-64-40-21-19-38-59(64)70-66(76)44-42-61-68-56-35-16-17-36-57(56)71(73(61)70)72-60(68)41-43-65-69(72)58-37-18-20-39-63(58)75(65)51-26-8-2-9-27-51/h1-47,68,71H/i1D,6D,7D,23D,24D. The molecule has 11 aromatic carbocycles. The lowest BCUT2D eigenvalue weighted by atomic mass is 9.59. The molecule has 360 valence electrons. The maximum atomic E-state index is 9.39. The van der Waals surface area contributed by atoms with E-state index in [0.29, 0.717) is 17.1 Å². The molecule has 2 bridgehead atoms. The molecule has 3 aromatic heterocycles. The van der Waals surface area contributed by atoms with Gasteiger partial charge < -0.3 is 4.57 Å². The summed E-state index contributed by atoms with van der Waals surface area (Å²) in [6.45, 7) is 0. The molecule has 2 atom stereocenters. The van der Waals surface area contributed by atoms with Crippen LogP contribution in [0.1, 0.15) is 52.1 Å². The van der Waals surface area contributed by atoms with Crippen molar-refractivity contribution in [3.8, 4) is 33.9 Å². The second kappa shape index (κ2) is 17.2. The average molecular weight is 1000 g/mol. The summed E-state index contributed by atoms with van der Waals surface area (Å²) in [4.78, 5) is 5.70. The lowest BCUT2D eigenvalue weighted by molar-refractivity contribution is 0.768. The van der Waals surface area contributed by atoms with Crippen LogP contribution >= 0.6 is 0 Å². The van der Waals surface area contributed by atoms with Crippen molar-refractivity contribution in [3.63, 3.8) is 0 Å². The third kappa shape index (κ3) is 6.40. The summed E-state index contributed by atoms with van der Waals surface area (Å²) >= 11 is 0. The topological polar surface area (TPSA) is 22.8 Å². The summed E-state index contributed by atoms with van der Waals surface area (Å²) < 4.78 is 49.9. The predicted octanol–water partition coefficient (Wildman–Crippen LogP) is 15.0. The van der Waals surface area contributed by atoms with Crippen LogP contribution in [-0.4, -0.2) is 22.2 Å². The van der Waals surface area contributed by atoms with Gasteiger partial charge in [0.05, 0.1) is 34.6 Å². The van der Waals surface area contributed by atoms with Gasteiger partial charge in [0.25, 0.3) is 0 Å². The number of aromatic nitrogens is 3. The predicted molar refractivity (Wildman–Crippen MR) is 322 cm³/mol. The maximum Gasteiger partial charge on any atom is 0.179 e. The van der Waals surface area contributed by atoms with Crippen LogP contribution in [-0.2, 0) is 0 Å². The number of benzene rings is 11. The molecule has 0 aliphatic heterocycles. The summed E-state index contributed by atoms with van der Waals surface area (Å²) in [6, 6.07) is 89.8. The quantitative estimate of drug-likeness (QED) is 0.110. The molecule has 77 heavy (non-hydrogen) atoms. The summed E-state index contributed by atoms with van der Waals surface area (Å²) in [5, 5.41) is 9.60. The Bertz CT molecular complexity index is 4820. The lowest BCUT2D eigenvalue weighted by Crippen LogP contribution is -2.74. The Labute approximate surface area is 455 Å². The van der Waals surface area contributed by atoms with Crippen LogP contribution in [0.5, 0.6) is 0 Å². The molecule has 3 aliphatic rings. The fourth-order valence-corrected chi connectivity index (χ4v) is 18.5. The lowest BCUT2D eigenvalue weighted by Gasteiger charge is -2.43. The van der Waals surface area contributed by atoms with E-state index >= 15 is 0 Å². The zero-order valence-corrected chi connectivity index (χ0v) is 42.7. The molecule has 3 heterocycles. The average Bonchev–Trinajstić information content (AvgIpc) is 2.15. The fourth-order valence-electron chi connectivity index (χ4n) is 13.7. The van der Waals surface area contributed by atoms with E-state index in [-0.39, 0.29) is 41.6 Å². The van der Waals surface area contributed by atoms with Crippen LogP contribution in [0, 0.1) is 0 Å². The molecule has 0 spiro atoms. The van der Waals surface area contributed by atoms with Crippen LogP contribution in [0.4, 0.5) is 0 Å². The van der Waals surface area contributed by atoms with Crippen LogP contribution in [0.25, 0.3) is 77.5 Å². The molecule has 14 aromatic rings. The first-order chi connectivity index (χ1) is 40.3. The number of para-hydroxylation sites is 3. The van der Waals surface area contributed by atoms with Crippen molar-refractivity contribution in [2.75, 3.05) is 0 Å². The Morgan fingerprint density at radius 2 is 0.844 bits per heavy atom. The fraction of sp³-hybridized carbons (Fsp3) is 0.0274. The molecule has 3 nitrogen and oxygen atoms in total. The Morgan fingerprint density at radius 1 is 0.351 bits per heavy atom. The minimum atomic E-state index is -3.00. The minimum Gasteiger partial charge on any atom is -0.309 e. The van der Waals surface area contributed by atoms with E-state index in [0.717, 1.165) is 38.2 Å². The van der Waals surface area contributed by atoms with E-state index in [1.165, 1.54) is 70.7 Å². The monoisotopic (exact) mass is 1000 g/mol. The first-order valence-electron chi connectivity index (χ1n) is 28.9. The minimum absolute atomic E-state index is 0.0105. The molecule has 3 aliphatic carbocycles. The Kier molecular flexibility index (Phi) is 8.70. The van der Waals surface area contributed by atoms with Crippen molar-refractivity contribution in [1.82, 2.24) is 14.1 Å². The van der Waals surface area contributed by atoms with Crippen LogP contribution < -0.4 is 20.7 Å². The SMILES string of the molecule is [2H]c1c([2H])c([2H])c(-c2cc(-c3cccc([Si](c4ccccc4)(c4ccccc4)c4ccccc4)c3)nc(-n3c4ccccc4c4c5c(ccc43)C3c4ccccc4C5c4c3ccc3c4c4ccccc4n3-c3ccccc3)c2)c([2H])c1[2H]. The van der Waals surface area contributed by atoms with Gasteiger partial charge in [-0.1, -0.05) is 236 Å². The number of hydrogen-bond donors (Lipinski definition) is 0. The number of fused-ring (bicyclic) bond motifs is 6. The van der Waals surface area contributed by atoms with Gasteiger partial charge in [0.15, 0.2) is 8.07 Å². The molecule has 0 saturated heterocycles. The number of hydrogen-bond acceptors (Lipinski definition) is 1. The zero-order valence-electron chi connectivity index (χ0n) is 46.7. The van der Waals surface area contributed by atoms with E-state index in [1.54, 1.807) is 0 Å². The molecule has 0 radical (unpaired) electrons. The second-order valence-corrected chi connectivity index (χ2v) is 24.3. The van der Waals surface area contributed by atoms with Gasteiger partial charge >= 0.3 is 0 Å². The molecule has 0 N–H and O–H groups in total. The van der Waals surface area contributed by atoms with Gasteiger partial charge in [-0.15, -0.1) is 0 Å². The van der Waals surface area contributed by atoms with E-state index < -0.39 is 14.1 Å². The highest BCUT2D eigenvalue weighted by molar-refractivity contribution is 7.19. The van der Waals surface area contributed by atoms with Crippen molar-refractivity contribution >= 4 is 72.4 Å². The van der Waals surface area contributed by atoms with Gasteiger partial charge in [-0.25, -0.2) is 4.98 Å². The molecule has 0 amide bonds. The second-order valence-electron chi connectivity index (χ2n) is 20.5. The van der Waals surface area contributed by atoms with Gasteiger partial charge in [0, 0.05) is 44.6 Å². The third-order valence-electron chi connectivity index (χ3n) is 16.7. The maximum absolute atomic E-state index is 9.39. The van der Waals surface area contributed by atoms with Crippen molar-refractivity contribution in [2.45, 2.75) is 11.8 Å². The highest BCUT2D eigenvalue weighted by atomic mass is 28.3. The Hall–Kier alpha value is -9.61. The summed E-state index contributed by atoms with van der Waals surface area (Å²) in [5.41, 5.74) is 15.3. The van der Waals surface area contributed by atoms with Crippen LogP contribution in [0.3, 0.4) is 0 Å². The largest absolute Gasteiger partial charge is 0.309 e. The van der Waals surface area contributed by atoms with Gasteiger partial charge in [-0.3, -0.25) is 4.57 Å². The van der Waals surface area contributed by atoms with Crippen LogP contribution in [0.15, 0.2) is 285 Å². The van der Waals surface area contributed by atoms with Crippen molar-refractivity contribution in [1.29, 1.82) is 0 Å². The van der Waals surface area contributed by atoms with Gasteiger partial charge in [0.2, 0.25) is 0 Å². The van der Waals surface area contributed by atoms with E-state index in [4.69, 9.17) is 9.10 Å². The highest BCUT2D eigenvalue weighted by Gasteiger charge is 2.45. The van der Waals surface area contributed by atoms with Crippen LogP contribution in [0.2, 0.25) is 0 Å². The number of rotatable bonds is 8. The van der Waals surface area contributed by atoms with Gasteiger partial charge in [-0.2, -0.15) is 0 Å². The summed E-state index contributed by atoms with van der Waals surface area (Å²) in [6.07, 6.45) is 0. The molecule has 2 unspecified atom stereocenters. The van der Waals surface area contributed by atoms with E-state index in [1.807, 2.05) is 12.1 Å².